The highest BCUT2D eigenvalue weighted by Crippen LogP contribution is 2.31. The molecule has 0 saturated carbocycles. The molecular weight excluding hydrogens is 304 g/mol. The lowest BCUT2D eigenvalue weighted by atomic mass is 9.94. The number of aliphatic hydroxyl groups is 1. The van der Waals surface area contributed by atoms with Gasteiger partial charge in [0, 0.05) is 30.8 Å². The zero-order valence-electron chi connectivity index (χ0n) is 15.5. The highest BCUT2D eigenvalue weighted by Gasteiger charge is 2.27. The van der Waals surface area contributed by atoms with Gasteiger partial charge in [0.25, 0.3) is 0 Å². The molecular formula is C19H30N2O3. The molecule has 1 heterocycles. The smallest absolute Gasteiger partial charge is 0.414 e. The van der Waals surface area contributed by atoms with E-state index in [9.17, 15) is 9.90 Å². The molecule has 2 rings (SSSR count). The molecule has 134 valence electrons. The Labute approximate surface area is 145 Å². The normalized spacial score (nSPS) is 15.0. The van der Waals surface area contributed by atoms with E-state index in [4.69, 9.17) is 4.74 Å². The first-order chi connectivity index (χ1) is 11.1. The van der Waals surface area contributed by atoms with Gasteiger partial charge in [0.1, 0.15) is 5.60 Å². The first-order valence-corrected chi connectivity index (χ1v) is 8.59. The number of nitrogens with one attached hydrogen (secondary N) is 1. The Morgan fingerprint density at radius 2 is 2.00 bits per heavy atom. The largest absolute Gasteiger partial charge is 0.443 e. The van der Waals surface area contributed by atoms with E-state index < -0.39 is 5.60 Å². The Morgan fingerprint density at radius 1 is 1.29 bits per heavy atom. The summed E-state index contributed by atoms with van der Waals surface area (Å²) in [5.41, 5.74) is 2.34. The monoisotopic (exact) mass is 334 g/mol. The fourth-order valence-electron chi connectivity index (χ4n) is 2.59. The number of fused-ring (bicyclic) bond motifs is 1. The van der Waals surface area contributed by atoms with Crippen molar-refractivity contribution in [2.75, 3.05) is 29.9 Å². The van der Waals surface area contributed by atoms with Crippen LogP contribution < -0.4 is 10.2 Å². The number of rotatable bonds is 4. The van der Waals surface area contributed by atoms with E-state index in [-0.39, 0.29) is 18.1 Å². The first kappa shape index (κ1) is 18.6. The number of hydrogen-bond acceptors (Lipinski definition) is 4. The van der Waals surface area contributed by atoms with Crippen LogP contribution >= 0.6 is 0 Å². The summed E-state index contributed by atoms with van der Waals surface area (Å²) in [6, 6.07) is 6.11. The molecule has 5 heteroatoms. The zero-order chi connectivity index (χ0) is 18.0. The number of ether oxygens (including phenoxy) is 1. The van der Waals surface area contributed by atoms with Crippen molar-refractivity contribution in [2.45, 2.75) is 53.1 Å². The molecule has 0 spiro atoms. The number of aliphatic hydroxyl groups excluding tert-OH is 1. The summed E-state index contributed by atoms with van der Waals surface area (Å²) < 4.78 is 5.54. The van der Waals surface area contributed by atoms with E-state index in [2.05, 4.69) is 11.4 Å². The van der Waals surface area contributed by atoms with Gasteiger partial charge in [-0.05, 0) is 51.3 Å². The Bertz CT molecular complexity index is 591. The summed E-state index contributed by atoms with van der Waals surface area (Å²) >= 11 is 0. The quantitative estimate of drug-likeness (QED) is 0.879. The third-order valence-electron chi connectivity index (χ3n) is 4.02. The summed E-state index contributed by atoms with van der Waals surface area (Å²) in [6.45, 7) is 11.1. The maximum atomic E-state index is 12.5. The molecule has 0 fully saturated rings. The van der Waals surface area contributed by atoms with Gasteiger partial charge in [-0.2, -0.15) is 0 Å². The van der Waals surface area contributed by atoms with Gasteiger partial charge in [-0.1, -0.05) is 19.9 Å². The Hall–Kier alpha value is -1.75. The number of hydrogen-bond donors (Lipinski definition) is 2. The molecule has 0 atom stereocenters. The summed E-state index contributed by atoms with van der Waals surface area (Å²) in [6.07, 6.45) is 1.62. The van der Waals surface area contributed by atoms with Gasteiger partial charge >= 0.3 is 6.09 Å². The lowest BCUT2D eigenvalue weighted by Crippen LogP contribution is -2.39. The minimum absolute atomic E-state index is 0.120. The fraction of sp³-hybridized carbons (Fsp3) is 0.632. The van der Waals surface area contributed by atoms with Crippen LogP contribution in [0.1, 0.15) is 46.6 Å². The summed E-state index contributed by atoms with van der Waals surface area (Å²) in [5, 5.41) is 12.7. The number of anilines is 2. The molecule has 5 nitrogen and oxygen atoms in total. The lowest BCUT2D eigenvalue weighted by Gasteiger charge is -2.32. The van der Waals surface area contributed by atoms with Gasteiger partial charge in [0.15, 0.2) is 0 Å². The SMILES string of the molecule is CC(C)(CO)CNc1ccc2c(c1)N(C(=O)OC(C)(C)C)CCC2. The number of nitrogens with zero attached hydrogens (tertiary/aromatic N) is 1. The molecule has 1 aromatic rings. The zero-order valence-corrected chi connectivity index (χ0v) is 15.5. The van der Waals surface area contributed by atoms with E-state index in [1.807, 2.05) is 46.8 Å². The van der Waals surface area contributed by atoms with Crippen molar-refractivity contribution < 1.29 is 14.6 Å². The van der Waals surface area contributed by atoms with Crippen LogP contribution in [0, 0.1) is 5.41 Å². The molecule has 1 aliphatic heterocycles. The first-order valence-electron chi connectivity index (χ1n) is 8.59. The second-order valence-electron chi connectivity index (χ2n) is 8.25. The molecule has 0 saturated heterocycles. The van der Waals surface area contributed by atoms with Crippen molar-refractivity contribution in [2.24, 2.45) is 5.41 Å². The minimum atomic E-state index is -0.504. The molecule has 1 aromatic carbocycles. The number of aryl methyl sites for hydroxylation is 1. The van der Waals surface area contributed by atoms with E-state index >= 15 is 0 Å². The van der Waals surface area contributed by atoms with Crippen LogP contribution in [0.5, 0.6) is 0 Å². The standard InChI is InChI=1S/C19H30N2O3/c1-18(2,3)24-17(23)21-10-6-7-14-8-9-15(11-16(14)21)20-12-19(4,5)13-22/h8-9,11,20,22H,6-7,10,12-13H2,1-5H3. The third-order valence-corrected chi connectivity index (χ3v) is 4.02. The number of amides is 1. The highest BCUT2D eigenvalue weighted by atomic mass is 16.6. The van der Waals surface area contributed by atoms with Gasteiger partial charge in [0.2, 0.25) is 0 Å². The molecule has 0 unspecified atom stereocenters. The molecule has 2 N–H and O–H groups in total. The third kappa shape index (κ3) is 4.87. The maximum absolute atomic E-state index is 12.5. The molecule has 0 aliphatic carbocycles. The van der Waals surface area contributed by atoms with Crippen LogP contribution in [0.2, 0.25) is 0 Å². The van der Waals surface area contributed by atoms with Crippen molar-refractivity contribution in [3.8, 4) is 0 Å². The van der Waals surface area contributed by atoms with Crippen LogP contribution in [0.15, 0.2) is 18.2 Å². The maximum Gasteiger partial charge on any atom is 0.414 e. The predicted octanol–water partition coefficient (Wildman–Crippen LogP) is 3.80. The number of carbonyl (C=O) groups is 1. The van der Waals surface area contributed by atoms with Gasteiger partial charge in [0.05, 0.1) is 5.69 Å². The topological polar surface area (TPSA) is 61.8 Å². The van der Waals surface area contributed by atoms with E-state index in [0.29, 0.717) is 13.1 Å². The molecule has 0 radical (unpaired) electrons. The van der Waals surface area contributed by atoms with Gasteiger partial charge in [-0.25, -0.2) is 4.79 Å². The Morgan fingerprint density at radius 3 is 2.62 bits per heavy atom. The summed E-state index contributed by atoms with van der Waals surface area (Å²) in [4.78, 5) is 14.2. The van der Waals surface area contributed by atoms with Crippen LogP contribution in [0.4, 0.5) is 16.2 Å². The van der Waals surface area contributed by atoms with Crippen molar-refractivity contribution in [3.63, 3.8) is 0 Å². The summed E-state index contributed by atoms with van der Waals surface area (Å²) in [7, 11) is 0. The highest BCUT2D eigenvalue weighted by molar-refractivity contribution is 5.90. The number of benzene rings is 1. The number of carbonyl (C=O) groups excluding carboxylic acids is 1. The molecule has 0 bridgehead atoms. The Kier molecular flexibility index (Phi) is 5.43. The van der Waals surface area contributed by atoms with Crippen molar-refractivity contribution >= 4 is 17.5 Å². The Balaban J connectivity index is 2.18. The molecule has 0 aromatic heterocycles. The van der Waals surface area contributed by atoms with Crippen LogP contribution in [-0.2, 0) is 11.2 Å². The van der Waals surface area contributed by atoms with Gasteiger partial charge in [-0.3, -0.25) is 4.90 Å². The lowest BCUT2D eigenvalue weighted by molar-refractivity contribution is 0.0578. The van der Waals surface area contributed by atoms with Crippen LogP contribution in [0.3, 0.4) is 0 Å². The van der Waals surface area contributed by atoms with Crippen molar-refractivity contribution in [1.29, 1.82) is 0 Å². The second kappa shape index (κ2) is 7.01. The predicted molar refractivity (Wildman–Crippen MR) is 97.7 cm³/mol. The average molecular weight is 334 g/mol. The van der Waals surface area contributed by atoms with E-state index in [0.717, 1.165) is 24.2 Å². The van der Waals surface area contributed by atoms with Crippen LogP contribution in [0.25, 0.3) is 0 Å². The summed E-state index contributed by atoms with van der Waals surface area (Å²) in [5.74, 6) is 0. The van der Waals surface area contributed by atoms with Crippen molar-refractivity contribution in [3.05, 3.63) is 23.8 Å². The fourth-order valence-corrected chi connectivity index (χ4v) is 2.59. The van der Waals surface area contributed by atoms with E-state index in [1.165, 1.54) is 5.56 Å². The van der Waals surface area contributed by atoms with Gasteiger partial charge in [-0.15, -0.1) is 0 Å². The molecule has 1 amide bonds. The minimum Gasteiger partial charge on any atom is -0.443 e. The molecule has 24 heavy (non-hydrogen) atoms. The van der Waals surface area contributed by atoms with Crippen molar-refractivity contribution in [1.82, 2.24) is 0 Å². The second-order valence-corrected chi connectivity index (χ2v) is 8.25. The van der Waals surface area contributed by atoms with Crippen LogP contribution in [-0.4, -0.2) is 36.5 Å². The van der Waals surface area contributed by atoms with Gasteiger partial charge < -0.3 is 15.2 Å². The van der Waals surface area contributed by atoms with E-state index in [1.54, 1.807) is 4.90 Å². The molecule has 1 aliphatic rings. The average Bonchev–Trinajstić information content (AvgIpc) is 2.50.